The number of hydrogen-bond acceptors (Lipinski definition) is 2. The van der Waals surface area contributed by atoms with Gasteiger partial charge >= 0.3 is 0 Å². The molecule has 1 saturated heterocycles. The summed E-state index contributed by atoms with van der Waals surface area (Å²) in [6, 6.07) is 0. The predicted octanol–water partition coefficient (Wildman–Crippen LogP) is 1.30. The summed E-state index contributed by atoms with van der Waals surface area (Å²) in [7, 11) is 0. The van der Waals surface area contributed by atoms with Crippen molar-refractivity contribution in [3.63, 3.8) is 0 Å². The summed E-state index contributed by atoms with van der Waals surface area (Å²) < 4.78 is 0. The lowest BCUT2D eigenvalue weighted by atomic mass is 9.93. The summed E-state index contributed by atoms with van der Waals surface area (Å²) in [5.41, 5.74) is 2.37. The van der Waals surface area contributed by atoms with Gasteiger partial charge in [-0.15, -0.1) is 0 Å². The highest BCUT2D eigenvalue weighted by Crippen LogP contribution is 2.28. The maximum Gasteiger partial charge on any atom is 0.225 e. The highest BCUT2D eigenvalue weighted by atomic mass is 16.2. The van der Waals surface area contributed by atoms with Crippen LogP contribution in [0.4, 0.5) is 0 Å². The minimum absolute atomic E-state index is 0.105. The molecule has 1 aromatic rings. The van der Waals surface area contributed by atoms with Crippen molar-refractivity contribution in [2.75, 3.05) is 13.1 Å². The molecule has 1 aromatic heterocycles. The number of aromatic nitrogens is 2. The van der Waals surface area contributed by atoms with Crippen LogP contribution < -0.4 is 0 Å². The van der Waals surface area contributed by atoms with Gasteiger partial charge in [0.05, 0.1) is 6.20 Å². The lowest BCUT2D eigenvalue weighted by molar-refractivity contribution is -0.139. The molecule has 0 unspecified atom stereocenters. The lowest BCUT2D eigenvalue weighted by Gasteiger charge is -2.40. The van der Waals surface area contributed by atoms with Crippen LogP contribution in [0.2, 0.25) is 0 Å². The molecule has 15 heavy (non-hydrogen) atoms. The molecule has 4 heteroatoms. The predicted molar refractivity (Wildman–Crippen MR) is 57.5 cm³/mol. The number of aromatic amines is 1. The van der Waals surface area contributed by atoms with Gasteiger partial charge in [-0.3, -0.25) is 9.89 Å². The Labute approximate surface area is 89.7 Å². The average Bonchev–Trinajstić information content (AvgIpc) is 2.49. The van der Waals surface area contributed by atoms with Crippen molar-refractivity contribution >= 4 is 5.91 Å². The first-order chi connectivity index (χ1) is 7.09. The number of hydrogen-bond donors (Lipinski definition) is 1. The van der Waals surface area contributed by atoms with Crippen molar-refractivity contribution in [1.82, 2.24) is 15.1 Å². The summed E-state index contributed by atoms with van der Waals surface area (Å²) in [6.07, 6.45) is 1.84. The number of nitrogens with zero attached hydrogens (tertiary/aromatic N) is 2. The first-order valence-electron chi connectivity index (χ1n) is 5.38. The third-order valence-electron chi connectivity index (χ3n) is 2.96. The monoisotopic (exact) mass is 207 g/mol. The molecule has 0 aliphatic carbocycles. The van der Waals surface area contributed by atoms with E-state index in [4.69, 9.17) is 0 Å². The van der Waals surface area contributed by atoms with E-state index in [9.17, 15) is 4.79 Å². The Bertz CT molecular complexity index is 364. The summed E-state index contributed by atoms with van der Waals surface area (Å²) in [4.78, 5) is 13.5. The van der Waals surface area contributed by atoms with Crippen LogP contribution in [0.3, 0.4) is 0 Å². The minimum atomic E-state index is 0.105. The van der Waals surface area contributed by atoms with E-state index in [0.717, 1.165) is 13.1 Å². The molecular weight excluding hydrogens is 190 g/mol. The molecule has 0 radical (unpaired) electrons. The van der Waals surface area contributed by atoms with Gasteiger partial charge in [0.25, 0.3) is 0 Å². The molecule has 2 heterocycles. The van der Waals surface area contributed by atoms with Crippen LogP contribution in [0.15, 0.2) is 6.20 Å². The van der Waals surface area contributed by atoms with Crippen LogP contribution >= 0.6 is 0 Å². The minimum Gasteiger partial charge on any atom is -0.341 e. The van der Waals surface area contributed by atoms with E-state index >= 15 is 0 Å². The molecule has 0 saturated carbocycles. The summed E-state index contributed by atoms with van der Waals surface area (Å²) in [6.45, 7) is 7.60. The molecule has 0 atom stereocenters. The fraction of sp³-hybridized carbons (Fsp3) is 0.636. The quantitative estimate of drug-likeness (QED) is 0.794. The average molecular weight is 207 g/mol. The number of likely N-dealkylation sites (tertiary alicyclic amines) is 1. The molecule has 1 N–H and O–H groups in total. The zero-order chi connectivity index (χ0) is 11.0. The van der Waals surface area contributed by atoms with Gasteiger partial charge in [-0.1, -0.05) is 13.8 Å². The Balaban J connectivity index is 1.94. The molecule has 0 bridgehead atoms. The van der Waals surface area contributed by atoms with E-state index in [2.05, 4.69) is 10.2 Å². The molecule has 1 aliphatic heterocycles. The van der Waals surface area contributed by atoms with E-state index in [1.165, 1.54) is 11.3 Å². The van der Waals surface area contributed by atoms with Crippen LogP contribution in [0.25, 0.3) is 0 Å². The van der Waals surface area contributed by atoms with Gasteiger partial charge in [0.2, 0.25) is 5.91 Å². The number of rotatable bonds is 2. The van der Waals surface area contributed by atoms with Crippen molar-refractivity contribution < 1.29 is 4.79 Å². The van der Waals surface area contributed by atoms with E-state index in [0.29, 0.717) is 5.92 Å². The van der Waals surface area contributed by atoms with E-state index in [-0.39, 0.29) is 11.8 Å². The Morgan fingerprint density at radius 2 is 2.27 bits per heavy atom. The maximum absolute atomic E-state index is 11.6. The molecule has 1 amide bonds. The Hall–Kier alpha value is -1.32. The third-order valence-corrected chi connectivity index (χ3v) is 2.96. The van der Waals surface area contributed by atoms with Crippen molar-refractivity contribution in [3.05, 3.63) is 17.5 Å². The number of H-pyrrole nitrogens is 1. The van der Waals surface area contributed by atoms with Crippen LogP contribution in [0, 0.1) is 12.8 Å². The summed E-state index contributed by atoms with van der Waals surface area (Å²) >= 11 is 0. The SMILES string of the molecule is Cc1cn[nH]c1C1CN(C(=O)C(C)C)C1. The first-order valence-corrected chi connectivity index (χ1v) is 5.38. The van der Waals surface area contributed by atoms with Gasteiger partial charge in [-0.25, -0.2) is 0 Å². The standard InChI is InChI=1S/C11H17N3O/c1-7(2)11(15)14-5-9(6-14)10-8(3)4-12-13-10/h4,7,9H,5-6H2,1-3H3,(H,12,13). The normalized spacial score (nSPS) is 16.9. The number of nitrogens with one attached hydrogen (secondary N) is 1. The Morgan fingerprint density at radius 3 is 2.73 bits per heavy atom. The topological polar surface area (TPSA) is 49.0 Å². The largest absolute Gasteiger partial charge is 0.341 e. The van der Waals surface area contributed by atoms with Crippen LogP contribution in [0.5, 0.6) is 0 Å². The smallest absolute Gasteiger partial charge is 0.225 e. The van der Waals surface area contributed by atoms with Crippen molar-refractivity contribution in [2.45, 2.75) is 26.7 Å². The second-order valence-electron chi connectivity index (χ2n) is 4.56. The highest BCUT2D eigenvalue weighted by molar-refractivity contribution is 5.79. The molecular formula is C11H17N3O. The van der Waals surface area contributed by atoms with Crippen LogP contribution in [0.1, 0.15) is 31.0 Å². The van der Waals surface area contributed by atoms with Gasteiger partial charge < -0.3 is 4.90 Å². The van der Waals surface area contributed by atoms with Crippen molar-refractivity contribution in [1.29, 1.82) is 0 Å². The molecule has 0 spiro atoms. The Kier molecular flexibility index (Phi) is 2.50. The van der Waals surface area contributed by atoms with Crippen LogP contribution in [-0.4, -0.2) is 34.1 Å². The van der Waals surface area contributed by atoms with Crippen molar-refractivity contribution in [3.8, 4) is 0 Å². The molecule has 0 aromatic carbocycles. The van der Waals surface area contributed by atoms with Gasteiger partial charge in [-0.2, -0.15) is 5.10 Å². The molecule has 1 aliphatic rings. The number of amides is 1. The fourth-order valence-corrected chi connectivity index (χ4v) is 1.98. The number of aryl methyl sites for hydroxylation is 1. The zero-order valence-corrected chi connectivity index (χ0v) is 9.45. The van der Waals surface area contributed by atoms with Gasteiger partial charge in [0.1, 0.15) is 0 Å². The van der Waals surface area contributed by atoms with E-state index in [1.54, 1.807) is 0 Å². The zero-order valence-electron chi connectivity index (χ0n) is 9.45. The molecule has 82 valence electrons. The van der Waals surface area contributed by atoms with Gasteiger partial charge in [0, 0.05) is 30.6 Å². The second kappa shape index (κ2) is 3.68. The van der Waals surface area contributed by atoms with E-state index in [1.807, 2.05) is 31.9 Å². The van der Waals surface area contributed by atoms with Gasteiger partial charge in [0.15, 0.2) is 0 Å². The Morgan fingerprint density at radius 1 is 1.60 bits per heavy atom. The molecule has 4 nitrogen and oxygen atoms in total. The summed E-state index contributed by atoms with van der Waals surface area (Å²) in [5.74, 6) is 0.812. The van der Waals surface area contributed by atoms with Gasteiger partial charge in [-0.05, 0) is 12.5 Å². The number of carbonyl (C=O) groups is 1. The summed E-state index contributed by atoms with van der Waals surface area (Å²) in [5, 5.41) is 7.01. The van der Waals surface area contributed by atoms with E-state index < -0.39 is 0 Å². The third kappa shape index (κ3) is 1.76. The first kappa shape index (κ1) is 10.2. The molecule has 2 rings (SSSR count). The fourth-order valence-electron chi connectivity index (χ4n) is 1.98. The lowest BCUT2D eigenvalue weighted by Crippen LogP contribution is -2.50. The molecule has 1 fully saturated rings. The number of carbonyl (C=O) groups excluding carboxylic acids is 1. The maximum atomic E-state index is 11.6. The van der Waals surface area contributed by atoms with Crippen LogP contribution in [-0.2, 0) is 4.79 Å². The highest BCUT2D eigenvalue weighted by Gasteiger charge is 2.34. The second-order valence-corrected chi connectivity index (χ2v) is 4.56. The van der Waals surface area contributed by atoms with Crippen molar-refractivity contribution in [2.24, 2.45) is 5.92 Å².